The Balaban J connectivity index is 1.26. The summed E-state index contributed by atoms with van der Waals surface area (Å²) in [6.45, 7) is 11.7. The first kappa shape index (κ1) is 32.2. The number of piperazine rings is 1. The van der Waals surface area contributed by atoms with Crippen LogP contribution in [0, 0.1) is 0 Å². The first-order valence-electron chi connectivity index (χ1n) is 16.1. The van der Waals surface area contributed by atoms with E-state index in [1.165, 1.54) is 19.4 Å². The first-order chi connectivity index (χ1) is 22.0. The summed E-state index contributed by atoms with van der Waals surface area (Å²) < 4.78 is 23.7. The number of benzene rings is 1. The molecule has 1 amide bonds. The number of hydrogen-bond acceptors (Lipinski definition) is 9. The van der Waals surface area contributed by atoms with Gasteiger partial charge in [-0.1, -0.05) is 0 Å². The number of allylic oxidation sites excluding steroid dienone is 1. The Morgan fingerprint density at radius 3 is 2.54 bits per heavy atom. The van der Waals surface area contributed by atoms with Crippen LogP contribution in [0.15, 0.2) is 59.5 Å². The maximum absolute atomic E-state index is 16.3. The number of hydrogen-bond donors (Lipinski definition) is 2. The maximum Gasteiger partial charge on any atom is 0.266 e. The summed E-state index contributed by atoms with van der Waals surface area (Å²) in [6, 6.07) is 10.1. The molecule has 0 aliphatic carbocycles. The molecule has 11 nitrogen and oxygen atoms in total. The van der Waals surface area contributed by atoms with Gasteiger partial charge in [0, 0.05) is 81.8 Å². The van der Waals surface area contributed by atoms with Gasteiger partial charge >= 0.3 is 0 Å². The monoisotopic (exact) mass is 632 g/mol. The number of imidazole rings is 1. The van der Waals surface area contributed by atoms with Crippen molar-refractivity contribution >= 4 is 34.3 Å². The number of likely N-dealkylation sites (N-methyl/N-ethyl adjacent to an activating group) is 1. The molecular weight excluding hydrogens is 587 g/mol. The van der Waals surface area contributed by atoms with Crippen LogP contribution in [0.25, 0.3) is 11.0 Å². The van der Waals surface area contributed by atoms with Gasteiger partial charge in [0.05, 0.1) is 28.9 Å². The Bertz CT molecular complexity index is 1620. The van der Waals surface area contributed by atoms with E-state index in [-0.39, 0.29) is 18.2 Å². The third-order valence-corrected chi connectivity index (χ3v) is 9.37. The van der Waals surface area contributed by atoms with Crippen molar-refractivity contribution in [2.45, 2.75) is 63.6 Å². The third kappa shape index (κ3) is 6.44. The summed E-state index contributed by atoms with van der Waals surface area (Å²) in [6.07, 6.45) is 4.82. The van der Waals surface area contributed by atoms with Crippen LogP contribution in [0.4, 0.5) is 16.0 Å². The second-order valence-electron chi connectivity index (χ2n) is 13.4. The minimum absolute atomic E-state index is 0.0659. The number of aromatic nitrogens is 3. The van der Waals surface area contributed by atoms with Gasteiger partial charge in [-0.25, -0.2) is 9.37 Å². The summed E-state index contributed by atoms with van der Waals surface area (Å²) >= 11 is 0. The van der Waals surface area contributed by atoms with E-state index in [4.69, 9.17) is 9.72 Å². The summed E-state index contributed by atoms with van der Waals surface area (Å²) in [5, 5.41) is 13.7. The molecule has 0 saturated carbocycles. The molecule has 46 heavy (non-hydrogen) atoms. The number of aliphatic hydroxyl groups is 1. The van der Waals surface area contributed by atoms with Crippen LogP contribution in [0.3, 0.4) is 0 Å². The highest BCUT2D eigenvalue weighted by Crippen LogP contribution is 2.34. The molecule has 3 aromatic rings. The molecule has 3 aliphatic heterocycles. The van der Waals surface area contributed by atoms with Crippen molar-refractivity contribution in [3.8, 4) is 0 Å². The van der Waals surface area contributed by atoms with E-state index in [1.54, 1.807) is 43.7 Å². The van der Waals surface area contributed by atoms with Crippen molar-refractivity contribution < 1.29 is 19.0 Å². The number of nitrogens with zero attached hydrogens (tertiary/aromatic N) is 7. The molecule has 0 bridgehead atoms. The lowest BCUT2D eigenvalue weighted by molar-refractivity contribution is -0.136. The van der Waals surface area contributed by atoms with Crippen LogP contribution in [-0.4, -0.2) is 118 Å². The Kier molecular flexibility index (Phi) is 8.99. The van der Waals surface area contributed by atoms with E-state index in [2.05, 4.69) is 43.1 Å². The number of aliphatic imine (C=N–C) groups is 1. The molecule has 1 aromatic carbocycles. The molecule has 2 N–H and O–H groups in total. The fraction of sp³-hybridized carbons (Fsp3) is 0.529. The van der Waals surface area contributed by atoms with Gasteiger partial charge < -0.3 is 24.2 Å². The number of pyridine rings is 1. The number of halogens is 1. The number of carbonyl (C=O) groups is 1. The molecule has 0 spiro atoms. The number of fused-ring (bicyclic) bond motifs is 1. The molecule has 12 heteroatoms. The third-order valence-electron chi connectivity index (χ3n) is 9.37. The summed E-state index contributed by atoms with van der Waals surface area (Å²) in [5.74, 6) is -0.523. The van der Waals surface area contributed by atoms with Crippen LogP contribution in [-0.2, 0) is 16.1 Å². The molecule has 5 heterocycles. The van der Waals surface area contributed by atoms with Gasteiger partial charge in [0.2, 0.25) is 11.5 Å². The topological polar surface area (TPSA) is 111 Å². The minimum atomic E-state index is -1.99. The predicted molar refractivity (Wildman–Crippen MR) is 178 cm³/mol. The van der Waals surface area contributed by atoms with Crippen molar-refractivity contribution in [1.29, 1.82) is 0 Å². The van der Waals surface area contributed by atoms with E-state index in [0.717, 1.165) is 63.3 Å². The van der Waals surface area contributed by atoms with Crippen molar-refractivity contribution in [2.75, 3.05) is 63.6 Å². The minimum Gasteiger partial charge on any atom is -0.389 e. The number of carbonyl (C=O) groups excluding carboxylic acids is 1. The average molecular weight is 633 g/mol. The van der Waals surface area contributed by atoms with Gasteiger partial charge in [0.25, 0.3) is 5.91 Å². The number of methoxy groups -OCH3 is 1. The van der Waals surface area contributed by atoms with Crippen molar-refractivity contribution in [3.63, 3.8) is 0 Å². The second-order valence-corrected chi connectivity index (χ2v) is 13.4. The molecule has 2 unspecified atom stereocenters. The quantitative estimate of drug-likeness (QED) is 0.389. The number of anilines is 2. The first-order valence-corrected chi connectivity index (χ1v) is 16.1. The highest BCUT2D eigenvalue weighted by Gasteiger charge is 2.50. The number of rotatable bonds is 8. The molecule has 2 aromatic heterocycles. The lowest BCUT2D eigenvalue weighted by atomic mass is 9.87. The molecule has 2 fully saturated rings. The van der Waals surface area contributed by atoms with E-state index < -0.39 is 23.3 Å². The Hall–Kier alpha value is -3.71. The summed E-state index contributed by atoms with van der Waals surface area (Å²) in [4.78, 5) is 34.7. The zero-order valence-corrected chi connectivity index (χ0v) is 27.4. The average Bonchev–Trinajstić information content (AvgIpc) is 3.37. The number of ether oxygens (including phenoxy) is 1. The Morgan fingerprint density at radius 1 is 1.15 bits per heavy atom. The van der Waals surface area contributed by atoms with E-state index in [9.17, 15) is 9.90 Å². The van der Waals surface area contributed by atoms with Crippen LogP contribution >= 0.6 is 0 Å². The van der Waals surface area contributed by atoms with E-state index >= 15 is 4.39 Å². The number of alkyl halides is 1. The lowest BCUT2D eigenvalue weighted by Crippen LogP contribution is -2.55. The van der Waals surface area contributed by atoms with Gasteiger partial charge in [0.15, 0.2) is 6.17 Å². The number of amides is 1. The normalized spacial score (nSPS) is 23.8. The molecule has 246 valence electrons. The predicted octanol–water partition coefficient (Wildman–Crippen LogP) is 3.49. The smallest absolute Gasteiger partial charge is 0.266 e. The van der Waals surface area contributed by atoms with Gasteiger partial charge in [-0.05, 0) is 77.1 Å². The molecule has 2 saturated heterocycles. The summed E-state index contributed by atoms with van der Waals surface area (Å²) in [5.41, 5.74) is 0.362. The largest absolute Gasteiger partial charge is 0.389 e. The fourth-order valence-corrected chi connectivity index (χ4v) is 6.86. The molecule has 6 rings (SSSR count). The van der Waals surface area contributed by atoms with Gasteiger partial charge in [-0.3, -0.25) is 25.0 Å². The fourth-order valence-electron chi connectivity index (χ4n) is 6.86. The van der Waals surface area contributed by atoms with Gasteiger partial charge in [0.1, 0.15) is 0 Å². The highest BCUT2D eigenvalue weighted by molar-refractivity contribution is 6.12. The standard InChI is InChI=1S/C34H45FN8O3/c1-23-20-34(46-5,30(35)29(37-23)24-7-6-12-36-21-24)31(44)39-32-38-27-19-26(8-9-28(27)43(32)22-33(2,3)45)41-13-10-25(11-14-41)42-17-15-40(4)16-18-42/h6-9,12,19-21,25,30,45H,10-11,13-18,22H2,1-5H3,(H,38,39,44). The van der Waals surface area contributed by atoms with E-state index in [0.29, 0.717) is 22.8 Å². The van der Waals surface area contributed by atoms with E-state index in [1.807, 2.05) is 12.1 Å². The Morgan fingerprint density at radius 2 is 1.89 bits per heavy atom. The van der Waals surface area contributed by atoms with Gasteiger partial charge in [-0.2, -0.15) is 0 Å². The molecule has 2 atom stereocenters. The number of nitrogens with one attached hydrogen (secondary N) is 1. The second kappa shape index (κ2) is 12.8. The van der Waals surface area contributed by atoms with Crippen LogP contribution in [0.2, 0.25) is 0 Å². The number of piperidine rings is 1. The zero-order chi connectivity index (χ0) is 32.6. The summed E-state index contributed by atoms with van der Waals surface area (Å²) in [7, 11) is 3.49. The Labute approximate surface area is 269 Å². The SMILES string of the molecule is COC1(C(=O)Nc2nc3cc(N4CCC(N5CCN(C)CC5)CC4)ccc3n2CC(C)(C)O)C=C(C)N=C(c2cccnc2)C1F. The van der Waals surface area contributed by atoms with Crippen molar-refractivity contribution in [2.24, 2.45) is 4.99 Å². The molecule has 3 aliphatic rings. The van der Waals surface area contributed by atoms with Gasteiger partial charge in [-0.15, -0.1) is 0 Å². The molecular formula is C34H45FN8O3. The maximum atomic E-state index is 16.3. The lowest BCUT2D eigenvalue weighted by Gasteiger charge is -2.42. The van der Waals surface area contributed by atoms with Crippen molar-refractivity contribution in [3.05, 3.63) is 60.1 Å². The van der Waals surface area contributed by atoms with Crippen LogP contribution in [0.1, 0.15) is 39.2 Å². The van der Waals surface area contributed by atoms with Crippen molar-refractivity contribution in [1.82, 2.24) is 24.3 Å². The van der Waals surface area contributed by atoms with Crippen LogP contribution in [0.5, 0.6) is 0 Å². The zero-order valence-electron chi connectivity index (χ0n) is 27.4. The highest BCUT2D eigenvalue weighted by atomic mass is 19.1. The molecule has 0 radical (unpaired) electrons. The van der Waals surface area contributed by atoms with Crippen LogP contribution < -0.4 is 10.2 Å².